The monoisotopic (exact) mass is 347 g/mol. The van der Waals surface area contributed by atoms with Crippen LogP contribution < -0.4 is 0 Å². The minimum absolute atomic E-state index is 0.192. The molecule has 4 nitrogen and oxygen atoms in total. The molecule has 1 heterocycles. The molecule has 0 saturated carbocycles. The van der Waals surface area contributed by atoms with Gasteiger partial charge in [-0.3, -0.25) is 0 Å². The third kappa shape index (κ3) is 2.69. The Morgan fingerprint density at radius 3 is 2.35 bits per heavy atom. The highest BCUT2D eigenvalue weighted by Gasteiger charge is 2.14. The summed E-state index contributed by atoms with van der Waals surface area (Å²) in [6.07, 6.45) is 1.67. The van der Waals surface area contributed by atoms with Crippen LogP contribution in [0.4, 0.5) is 4.39 Å². The highest BCUT2D eigenvalue weighted by molar-refractivity contribution is 5.89. The Bertz CT molecular complexity index is 1130. The van der Waals surface area contributed by atoms with E-state index in [4.69, 9.17) is 4.42 Å². The Hall–Kier alpha value is -3.60. The van der Waals surface area contributed by atoms with Gasteiger partial charge in [0.1, 0.15) is 11.3 Å². The van der Waals surface area contributed by atoms with Crippen LogP contribution in [0.25, 0.3) is 39.8 Å². The summed E-state index contributed by atoms with van der Waals surface area (Å²) in [6.45, 7) is 3.82. The van der Waals surface area contributed by atoms with Crippen LogP contribution in [0, 0.1) is 5.82 Å². The van der Waals surface area contributed by atoms with Gasteiger partial charge in [-0.15, -0.1) is 0 Å². The zero-order valence-electron chi connectivity index (χ0n) is 13.6. The molecule has 3 aromatic carbocycles. The molecule has 4 rings (SSSR count). The molecular weight excluding hydrogens is 333 g/mol. The molecule has 0 saturated heterocycles. The molecule has 0 aliphatic heterocycles. The molecule has 0 fully saturated rings. The van der Waals surface area contributed by atoms with Gasteiger partial charge in [0.05, 0.1) is 0 Å². The SMILES string of the molecule is C=Cc1cc(-c2ccc(O)cc2)cc2nc(-c3ccc(O)c(F)c3)oc12. The minimum Gasteiger partial charge on any atom is -0.508 e. The first-order valence-corrected chi connectivity index (χ1v) is 7.90. The van der Waals surface area contributed by atoms with Crippen molar-refractivity contribution in [2.24, 2.45) is 0 Å². The van der Waals surface area contributed by atoms with Crippen LogP contribution in [-0.4, -0.2) is 15.2 Å². The molecule has 0 bridgehead atoms. The van der Waals surface area contributed by atoms with E-state index in [0.29, 0.717) is 16.7 Å². The molecule has 0 aliphatic carbocycles. The number of aromatic nitrogens is 1. The third-order valence-electron chi connectivity index (χ3n) is 4.13. The predicted octanol–water partition coefficient (Wildman–Crippen LogP) is 5.36. The van der Waals surface area contributed by atoms with Gasteiger partial charge in [0.25, 0.3) is 0 Å². The van der Waals surface area contributed by atoms with Gasteiger partial charge in [0.2, 0.25) is 5.89 Å². The normalized spacial score (nSPS) is 11.0. The quantitative estimate of drug-likeness (QED) is 0.524. The topological polar surface area (TPSA) is 66.5 Å². The molecule has 128 valence electrons. The van der Waals surface area contributed by atoms with Gasteiger partial charge >= 0.3 is 0 Å². The van der Waals surface area contributed by atoms with Crippen LogP contribution in [0.15, 0.2) is 65.6 Å². The number of nitrogens with zero attached hydrogens (tertiary/aromatic N) is 1. The van der Waals surface area contributed by atoms with Crippen LogP contribution in [0.2, 0.25) is 0 Å². The lowest BCUT2D eigenvalue weighted by atomic mass is 10.0. The minimum atomic E-state index is -0.738. The third-order valence-corrected chi connectivity index (χ3v) is 4.13. The maximum absolute atomic E-state index is 13.6. The van der Waals surface area contributed by atoms with Crippen LogP contribution in [0.3, 0.4) is 0 Å². The van der Waals surface area contributed by atoms with Gasteiger partial charge in [0, 0.05) is 11.1 Å². The highest BCUT2D eigenvalue weighted by Crippen LogP contribution is 2.33. The maximum Gasteiger partial charge on any atom is 0.227 e. The van der Waals surface area contributed by atoms with E-state index in [0.717, 1.165) is 16.7 Å². The molecular formula is C21H14FNO3. The summed E-state index contributed by atoms with van der Waals surface area (Å²) < 4.78 is 19.4. The lowest BCUT2D eigenvalue weighted by Gasteiger charge is -2.04. The average molecular weight is 347 g/mol. The van der Waals surface area contributed by atoms with E-state index in [1.165, 1.54) is 18.2 Å². The number of oxazole rings is 1. The van der Waals surface area contributed by atoms with Crippen LogP contribution >= 0.6 is 0 Å². The van der Waals surface area contributed by atoms with Gasteiger partial charge in [-0.2, -0.15) is 0 Å². The number of hydrogen-bond acceptors (Lipinski definition) is 4. The van der Waals surface area contributed by atoms with Crippen molar-refractivity contribution in [3.63, 3.8) is 0 Å². The Balaban J connectivity index is 1.88. The predicted molar refractivity (Wildman–Crippen MR) is 98.3 cm³/mol. The number of hydrogen-bond donors (Lipinski definition) is 2. The van der Waals surface area contributed by atoms with Crippen molar-refractivity contribution in [3.8, 4) is 34.1 Å². The zero-order chi connectivity index (χ0) is 18.3. The molecule has 1 aromatic heterocycles. The number of benzene rings is 3. The molecule has 26 heavy (non-hydrogen) atoms. The second kappa shape index (κ2) is 6.04. The van der Waals surface area contributed by atoms with Crippen LogP contribution in [0.1, 0.15) is 5.56 Å². The Kier molecular flexibility index (Phi) is 3.69. The number of phenols is 2. The van der Waals surface area contributed by atoms with Gasteiger partial charge < -0.3 is 14.6 Å². The number of aromatic hydroxyl groups is 2. The van der Waals surface area contributed by atoms with Crippen molar-refractivity contribution < 1.29 is 19.0 Å². The van der Waals surface area contributed by atoms with Crippen molar-refractivity contribution in [3.05, 3.63) is 72.6 Å². The summed E-state index contributed by atoms with van der Waals surface area (Å²) in [4.78, 5) is 4.45. The molecule has 4 aromatic rings. The first-order valence-electron chi connectivity index (χ1n) is 7.90. The number of phenolic OH excluding ortho intramolecular Hbond substituents is 2. The largest absolute Gasteiger partial charge is 0.508 e. The second-order valence-corrected chi connectivity index (χ2v) is 5.85. The molecule has 0 spiro atoms. The smallest absolute Gasteiger partial charge is 0.227 e. The van der Waals surface area contributed by atoms with E-state index in [9.17, 15) is 14.6 Å². The molecule has 0 radical (unpaired) electrons. The van der Waals surface area contributed by atoms with E-state index in [1.54, 1.807) is 30.3 Å². The molecule has 0 amide bonds. The Labute approximate surface area is 148 Å². The van der Waals surface area contributed by atoms with Gasteiger partial charge in [-0.05, 0) is 53.6 Å². The van der Waals surface area contributed by atoms with E-state index in [1.807, 2.05) is 12.1 Å². The standard InChI is InChI=1S/C21H14FNO3/c1-2-12-9-15(13-3-6-16(24)7-4-13)11-18-20(12)26-21(23-18)14-5-8-19(25)17(22)10-14/h2-11,24-25H,1H2. The first-order chi connectivity index (χ1) is 12.5. The average Bonchev–Trinajstić information content (AvgIpc) is 3.08. The van der Waals surface area contributed by atoms with Gasteiger partial charge in [0.15, 0.2) is 17.1 Å². The summed E-state index contributed by atoms with van der Waals surface area (Å²) in [7, 11) is 0. The molecule has 0 aliphatic rings. The molecule has 0 unspecified atom stereocenters. The van der Waals surface area contributed by atoms with E-state index in [-0.39, 0.29) is 11.6 Å². The maximum atomic E-state index is 13.6. The fourth-order valence-electron chi connectivity index (χ4n) is 2.79. The van der Waals surface area contributed by atoms with Gasteiger partial charge in [-0.1, -0.05) is 24.8 Å². The summed E-state index contributed by atoms with van der Waals surface area (Å²) >= 11 is 0. The lowest BCUT2D eigenvalue weighted by molar-refractivity contribution is 0.432. The highest BCUT2D eigenvalue weighted by atomic mass is 19.1. The number of rotatable bonds is 3. The van der Waals surface area contributed by atoms with Crippen molar-refractivity contribution in [2.75, 3.05) is 0 Å². The van der Waals surface area contributed by atoms with E-state index >= 15 is 0 Å². The molecule has 2 N–H and O–H groups in total. The molecule has 0 atom stereocenters. The van der Waals surface area contributed by atoms with Gasteiger partial charge in [-0.25, -0.2) is 9.37 Å². The number of halogens is 1. The Morgan fingerprint density at radius 2 is 1.65 bits per heavy atom. The summed E-state index contributed by atoms with van der Waals surface area (Å²) in [5.41, 5.74) is 4.14. The molecule has 5 heteroatoms. The second-order valence-electron chi connectivity index (χ2n) is 5.85. The van der Waals surface area contributed by atoms with Crippen LogP contribution in [-0.2, 0) is 0 Å². The zero-order valence-corrected chi connectivity index (χ0v) is 13.6. The van der Waals surface area contributed by atoms with Crippen LogP contribution in [0.5, 0.6) is 11.5 Å². The Morgan fingerprint density at radius 1 is 0.923 bits per heavy atom. The lowest BCUT2D eigenvalue weighted by Crippen LogP contribution is -1.82. The van der Waals surface area contributed by atoms with Crippen molar-refractivity contribution in [2.45, 2.75) is 0 Å². The van der Waals surface area contributed by atoms with Crippen molar-refractivity contribution in [1.82, 2.24) is 4.98 Å². The summed E-state index contributed by atoms with van der Waals surface area (Å²) in [5.74, 6) is -0.716. The van der Waals surface area contributed by atoms with E-state index in [2.05, 4.69) is 11.6 Å². The summed E-state index contributed by atoms with van der Waals surface area (Å²) in [5, 5.41) is 18.8. The van der Waals surface area contributed by atoms with E-state index < -0.39 is 11.6 Å². The van der Waals surface area contributed by atoms with Crippen molar-refractivity contribution in [1.29, 1.82) is 0 Å². The summed E-state index contributed by atoms with van der Waals surface area (Å²) in [6, 6.07) is 14.6. The number of fused-ring (bicyclic) bond motifs is 1. The first kappa shape index (κ1) is 15.9. The fourth-order valence-corrected chi connectivity index (χ4v) is 2.79. The fraction of sp³-hybridized carbons (Fsp3) is 0. The van der Waals surface area contributed by atoms with Crippen molar-refractivity contribution >= 4 is 17.2 Å².